The minimum atomic E-state index is -3.40. The zero-order valence-electron chi connectivity index (χ0n) is 19.5. The lowest BCUT2D eigenvalue weighted by Gasteiger charge is -2.47. The van der Waals surface area contributed by atoms with Crippen LogP contribution < -0.4 is 0 Å². The van der Waals surface area contributed by atoms with E-state index in [0.717, 1.165) is 24.0 Å². The Morgan fingerprint density at radius 2 is 1.13 bits per heavy atom. The third-order valence-electron chi connectivity index (χ3n) is 5.90. The molecule has 0 spiro atoms. The fourth-order valence-electron chi connectivity index (χ4n) is 5.01. The topological polar surface area (TPSA) is 89.5 Å². The van der Waals surface area contributed by atoms with Crippen LogP contribution in [0.25, 0.3) is 0 Å². The van der Waals surface area contributed by atoms with E-state index in [1.165, 1.54) is 32.1 Å². The third-order valence-corrected chi connectivity index (χ3v) is 6.49. The van der Waals surface area contributed by atoms with Crippen LogP contribution in [0.3, 0.4) is 0 Å². The molecule has 2 saturated carbocycles. The maximum atomic E-state index is 10.8. The lowest BCUT2D eigenvalue weighted by Crippen LogP contribution is -2.43. The van der Waals surface area contributed by atoms with Crippen molar-refractivity contribution in [3.63, 3.8) is 0 Å². The van der Waals surface area contributed by atoms with E-state index >= 15 is 0 Å². The molecule has 2 fully saturated rings. The fraction of sp³-hybridized carbons (Fsp3) is 1.00. The van der Waals surface area contributed by atoms with E-state index in [2.05, 4.69) is 18.0 Å². The summed E-state index contributed by atoms with van der Waals surface area (Å²) >= 11 is 0. The molecule has 2 unspecified atom stereocenters. The first-order valence-corrected chi connectivity index (χ1v) is 13.4. The van der Waals surface area contributed by atoms with Gasteiger partial charge in [0.15, 0.2) is 0 Å². The molecule has 0 amide bonds. The highest BCUT2D eigenvalue weighted by Crippen LogP contribution is 2.47. The summed E-state index contributed by atoms with van der Waals surface area (Å²) in [5, 5.41) is 0. The van der Waals surface area contributed by atoms with Crippen LogP contribution >= 0.6 is 0 Å². The Hall–Kier alpha value is -0.290. The van der Waals surface area contributed by atoms with E-state index < -0.39 is 10.1 Å². The number of fused-ring (bicyclic) bond motifs is 2. The van der Waals surface area contributed by atoms with E-state index in [9.17, 15) is 8.42 Å². The van der Waals surface area contributed by atoms with Crippen LogP contribution in [0.4, 0.5) is 0 Å². The van der Waals surface area contributed by atoms with Crippen LogP contribution in [0.1, 0.15) is 46.0 Å². The van der Waals surface area contributed by atoms with Gasteiger partial charge in [-0.2, -0.15) is 8.42 Å². The summed E-state index contributed by atoms with van der Waals surface area (Å²) in [6.45, 7) is 9.01. The molecule has 8 nitrogen and oxygen atoms in total. The molecule has 9 heteroatoms. The van der Waals surface area contributed by atoms with Crippen molar-refractivity contribution in [2.24, 2.45) is 17.8 Å². The monoisotopic (exact) mass is 466 g/mol. The number of hydrogen-bond acceptors (Lipinski definition) is 8. The molecule has 184 valence electrons. The molecular weight excluding hydrogens is 424 g/mol. The zero-order chi connectivity index (χ0) is 22.6. The summed E-state index contributed by atoms with van der Waals surface area (Å²) < 4.78 is 54.0. The molecule has 0 aliphatic heterocycles. The molecule has 31 heavy (non-hydrogen) atoms. The van der Waals surface area contributed by atoms with Gasteiger partial charge in [0, 0.05) is 0 Å². The van der Waals surface area contributed by atoms with Gasteiger partial charge in [-0.1, -0.05) is 6.92 Å². The fourth-order valence-corrected chi connectivity index (χ4v) is 5.38. The first-order chi connectivity index (χ1) is 14.8. The number of ether oxygens (including phenoxy) is 5. The van der Waals surface area contributed by atoms with Crippen molar-refractivity contribution in [3.05, 3.63) is 0 Å². The highest BCUT2D eigenvalue weighted by atomic mass is 32.2. The SMILES string of the molecule is CC1CC2CC(C1)CC(C)(OCCOCCOCCOCCOCCOS(C)(=O)=O)C2. The lowest BCUT2D eigenvalue weighted by atomic mass is 9.64. The van der Waals surface area contributed by atoms with Gasteiger partial charge in [-0.3, -0.25) is 4.18 Å². The van der Waals surface area contributed by atoms with Gasteiger partial charge in [0.25, 0.3) is 10.1 Å². The van der Waals surface area contributed by atoms with Crippen molar-refractivity contribution in [2.75, 3.05) is 72.3 Å². The third kappa shape index (κ3) is 12.5. The van der Waals surface area contributed by atoms with Crippen LogP contribution in [-0.4, -0.2) is 86.3 Å². The van der Waals surface area contributed by atoms with Crippen molar-refractivity contribution < 1.29 is 36.3 Å². The maximum Gasteiger partial charge on any atom is 0.264 e. The van der Waals surface area contributed by atoms with Gasteiger partial charge in [0.1, 0.15) is 0 Å². The molecule has 0 aromatic carbocycles. The molecule has 2 aliphatic carbocycles. The summed E-state index contributed by atoms with van der Waals surface area (Å²) in [5.74, 6) is 2.55. The Kier molecular flexibility index (Phi) is 12.2. The normalized spacial score (nSPS) is 28.7. The molecule has 0 N–H and O–H groups in total. The van der Waals surface area contributed by atoms with E-state index in [4.69, 9.17) is 23.7 Å². The van der Waals surface area contributed by atoms with Crippen LogP contribution in [0.2, 0.25) is 0 Å². The average molecular weight is 467 g/mol. The van der Waals surface area contributed by atoms with Crippen molar-refractivity contribution in [1.82, 2.24) is 0 Å². The van der Waals surface area contributed by atoms with E-state index in [-0.39, 0.29) is 18.8 Å². The van der Waals surface area contributed by atoms with Crippen LogP contribution in [0.5, 0.6) is 0 Å². The smallest absolute Gasteiger partial charge is 0.264 e. The molecule has 0 saturated heterocycles. The van der Waals surface area contributed by atoms with Crippen molar-refractivity contribution in [3.8, 4) is 0 Å². The van der Waals surface area contributed by atoms with E-state index in [1.54, 1.807) is 0 Å². The Labute approximate surface area is 188 Å². The Morgan fingerprint density at radius 1 is 0.710 bits per heavy atom. The quantitative estimate of drug-likeness (QED) is 0.239. The number of rotatable bonds is 17. The standard InChI is InChI=1S/C22H42O8S/c1-19-14-20-16-21(15-19)18-22(2,17-20)29-12-10-27-8-6-25-4-5-26-7-9-28-11-13-30-31(3,23)24/h19-21H,4-18H2,1-3H3. The van der Waals surface area contributed by atoms with E-state index in [1.807, 2.05) is 0 Å². The summed E-state index contributed by atoms with van der Waals surface area (Å²) in [6.07, 6.45) is 7.51. The Morgan fingerprint density at radius 3 is 1.58 bits per heavy atom. The molecule has 2 rings (SSSR count). The second-order valence-electron chi connectivity index (χ2n) is 9.23. The van der Waals surface area contributed by atoms with Gasteiger partial charge in [-0.25, -0.2) is 0 Å². The van der Waals surface area contributed by atoms with Crippen LogP contribution in [0, 0.1) is 17.8 Å². The van der Waals surface area contributed by atoms with Crippen molar-refractivity contribution in [2.45, 2.75) is 51.6 Å². The summed E-state index contributed by atoms with van der Waals surface area (Å²) in [5.41, 5.74) is 0.0232. The predicted octanol–water partition coefficient (Wildman–Crippen LogP) is 2.65. The lowest BCUT2D eigenvalue weighted by molar-refractivity contribution is -0.113. The van der Waals surface area contributed by atoms with Gasteiger partial charge in [0.05, 0.1) is 77.9 Å². The van der Waals surface area contributed by atoms with Crippen LogP contribution in [0.15, 0.2) is 0 Å². The Balaban J connectivity index is 1.33. The first kappa shape index (κ1) is 27.0. The predicted molar refractivity (Wildman–Crippen MR) is 118 cm³/mol. The second-order valence-corrected chi connectivity index (χ2v) is 10.9. The minimum absolute atomic E-state index is 0.0204. The molecular formula is C22H42O8S. The summed E-state index contributed by atoms with van der Waals surface area (Å²) in [7, 11) is -3.40. The zero-order valence-corrected chi connectivity index (χ0v) is 20.3. The Bertz CT molecular complexity index is 564. The van der Waals surface area contributed by atoms with Gasteiger partial charge in [-0.15, -0.1) is 0 Å². The molecule has 0 aromatic heterocycles. The van der Waals surface area contributed by atoms with Crippen LogP contribution in [-0.2, 0) is 38.0 Å². The van der Waals surface area contributed by atoms with Crippen molar-refractivity contribution >= 4 is 10.1 Å². The number of hydrogen-bond donors (Lipinski definition) is 0. The van der Waals surface area contributed by atoms with Gasteiger partial charge < -0.3 is 23.7 Å². The largest absolute Gasteiger partial charge is 0.377 e. The molecule has 2 bridgehead atoms. The summed E-state index contributed by atoms with van der Waals surface area (Å²) in [4.78, 5) is 0. The van der Waals surface area contributed by atoms with Gasteiger partial charge >= 0.3 is 0 Å². The second kappa shape index (κ2) is 14.1. The molecule has 0 radical (unpaired) electrons. The first-order valence-electron chi connectivity index (χ1n) is 11.5. The highest BCUT2D eigenvalue weighted by Gasteiger charge is 2.41. The molecule has 2 atom stereocenters. The minimum Gasteiger partial charge on any atom is -0.377 e. The van der Waals surface area contributed by atoms with E-state index in [0.29, 0.717) is 52.9 Å². The average Bonchev–Trinajstić information content (AvgIpc) is 2.65. The molecule has 0 heterocycles. The van der Waals surface area contributed by atoms with Gasteiger partial charge in [-0.05, 0) is 56.8 Å². The summed E-state index contributed by atoms with van der Waals surface area (Å²) in [6, 6.07) is 0. The highest BCUT2D eigenvalue weighted by molar-refractivity contribution is 7.85. The van der Waals surface area contributed by atoms with Gasteiger partial charge in [0.2, 0.25) is 0 Å². The maximum absolute atomic E-state index is 10.8. The molecule has 2 aliphatic rings. The van der Waals surface area contributed by atoms with Crippen molar-refractivity contribution in [1.29, 1.82) is 0 Å². The molecule has 0 aromatic rings.